The summed E-state index contributed by atoms with van der Waals surface area (Å²) < 4.78 is 0. The summed E-state index contributed by atoms with van der Waals surface area (Å²) in [5.41, 5.74) is 2.39. The van der Waals surface area contributed by atoms with Crippen LogP contribution in [0.25, 0.3) is 0 Å². The van der Waals surface area contributed by atoms with E-state index >= 15 is 0 Å². The Bertz CT molecular complexity index is 450. The van der Waals surface area contributed by atoms with E-state index < -0.39 is 0 Å². The van der Waals surface area contributed by atoms with Crippen LogP contribution >= 0.6 is 0 Å². The first kappa shape index (κ1) is 12.5. The molecule has 2 aliphatic rings. The fourth-order valence-electron chi connectivity index (χ4n) is 3.51. The number of likely N-dealkylation sites (tertiary alicyclic amines) is 1. The van der Waals surface area contributed by atoms with Crippen molar-refractivity contribution < 1.29 is 4.79 Å². The summed E-state index contributed by atoms with van der Waals surface area (Å²) in [6.45, 7) is 6.31. The van der Waals surface area contributed by atoms with Crippen LogP contribution in [0, 0.1) is 11.8 Å². The van der Waals surface area contributed by atoms with Gasteiger partial charge in [0.15, 0.2) is 0 Å². The van der Waals surface area contributed by atoms with Gasteiger partial charge in [0.05, 0.1) is 0 Å². The molecule has 1 saturated heterocycles. The normalized spacial score (nSPS) is 29.8. The molecular formula is C16H22N2O. The Morgan fingerprint density at radius 3 is 2.58 bits per heavy atom. The number of amides is 1. The van der Waals surface area contributed by atoms with Crippen molar-refractivity contribution in [3.8, 4) is 0 Å². The highest BCUT2D eigenvalue weighted by Gasteiger charge is 2.33. The molecule has 1 N–H and O–H groups in total. The summed E-state index contributed by atoms with van der Waals surface area (Å²) in [6, 6.07) is 8.17. The molecule has 0 saturated carbocycles. The van der Waals surface area contributed by atoms with Gasteiger partial charge in [-0.2, -0.15) is 0 Å². The van der Waals surface area contributed by atoms with Crippen molar-refractivity contribution in [3.63, 3.8) is 0 Å². The third-order valence-corrected chi connectivity index (χ3v) is 4.25. The van der Waals surface area contributed by atoms with Crippen LogP contribution in [0.4, 0.5) is 5.69 Å². The molecule has 3 atom stereocenters. The molecule has 1 aromatic rings. The van der Waals surface area contributed by atoms with Gasteiger partial charge in [0, 0.05) is 25.2 Å². The predicted octanol–water partition coefficient (Wildman–Crippen LogP) is 2.53. The molecule has 0 spiro atoms. The second-order valence-electron chi connectivity index (χ2n) is 6.25. The molecular weight excluding hydrogens is 236 g/mol. The van der Waals surface area contributed by atoms with Crippen LogP contribution in [0.5, 0.6) is 0 Å². The Kier molecular flexibility index (Phi) is 3.21. The van der Waals surface area contributed by atoms with Gasteiger partial charge in [0.25, 0.3) is 0 Å². The first-order chi connectivity index (χ1) is 9.13. The van der Waals surface area contributed by atoms with Crippen molar-refractivity contribution in [1.82, 2.24) is 4.90 Å². The predicted molar refractivity (Wildman–Crippen MR) is 77.1 cm³/mol. The SMILES string of the molecule is CC1CC(C)CN(C(=O)[C@H]2Cc3ccccc3N2)C1. The maximum absolute atomic E-state index is 12.6. The van der Waals surface area contributed by atoms with Gasteiger partial charge < -0.3 is 10.2 Å². The molecule has 0 bridgehead atoms. The minimum atomic E-state index is -0.0603. The van der Waals surface area contributed by atoms with Crippen LogP contribution in [-0.4, -0.2) is 29.9 Å². The third-order valence-electron chi connectivity index (χ3n) is 4.25. The number of benzene rings is 1. The Hall–Kier alpha value is -1.51. The van der Waals surface area contributed by atoms with Crippen LogP contribution in [-0.2, 0) is 11.2 Å². The number of nitrogens with zero attached hydrogens (tertiary/aromatic N) is 1. The van der Waals surface area contributed by atoms with Gasteiger partial charge in [-0.25, -0.2) is 0 Å². The second-order valence-corrected chi connectivity index (χ2v) is 6.25. The van der Waals surface area contributed by atoms with Gasteiger partial charge in [-0.3, -0.25) is 4.79 Å². The van der Waals surface area contributed by atoms with E-state index in [1.54, 1.807) is 0 Å². The summed E-state index contributed by atoms with van der Waals surface area (Å²) in [6.07, 6.45) is 2.07. The van der Waals surface area contributed by atoms with E-state index in [-0.39, 0.29) is 11.9 Å². The summed E-state index contributed by atoms with van der Waals surface area (Å²) in [5, 5.41) is 3.37. The average molecular weight is 258 g/mol. The summed E-state index contributed by atoms with van der Waals surface area (Å²) in [7, 11) is 0. The van der Waals surface area contributed by atoms with E-state index in [0.717, 1.165) is 25.2 Å². The maximum Gasteiger partial charge on any atom is 0.245 e. The Morgan fingerprint density at radius 2 is 1.89 bits per heavy atom. The molecule has 102 valence electrons. The quantitative estimate of drug-likeness (QED) is 0.839. The zero-order chi connectivity index (χ0) is 13.4. The van der Waals surface area contributed by atoms with Gasteiger partial charge in [-0.15, -0.1) is 0 Å². The van der Waals surface area contributed by atoms with Crippen LogP contribution in [0.1, 0.15) is 25.8 Å². The topological polar surface area (TPSA) is 32.3 Å². The highest BCUT2D eigenvalue weighted by molar-refractivity contribution is 5.87. The van der Waals surface area contributed by atoms with Gasteiger partial charge >= 0.3 is 0 Å². The molecule has 2 heterocycles. The standard InChI is InChI=1S/C16H22N2O/c1-11-7-12(2)10-18(9-11)16(19)15-8-13-5-3-4-6-14(13)17-15/h3-6,11-12,15,17H,7-10H2,1-2H3/t11?,12?,15-/m1/s1. The largest absolute Gasteiger partial charge is 0.373 e. The molecule has 3 nitrogen and oxygen atoms in total. The Labute approximate surface area is 115 Å². The smallest absolute Gasteiger partial charge is 0.245 e. The first-order valence-corrected chi connectivity index (χ1v) is 7.26. The number of hydrogen-bond acceptors (Lipinski definition) is 2. The number of nitrogens with one attached hydrogen (secondary N) is 1. The monoisotopic (exact) mass is 258 g/mol. The summed E-state index contributed by atoms with van der Waals surface area (Å²) in [4.78, 5) is 14.7. The van der Waals surface area contributed by atoms with E-state index in [9.17, 15) is 4.79 Å². The van der Waals surface area contributed by atoms with Crippen molar-refractivity contribution in [2.75, 3.05) is 18.4 Å². The van der Waals surface area contributed by atoms with E-state index in [0.29, 0.717) is 11.8 Å². The Balaban J connectivity index is 1.69. The molecule has 0 aliphatic carbocycles. The van der Waals surface area contributed by atoms with Gasteiger partial charge in [-0.1, -0.05) is 32.0 Å². The number of anilines is 1. The minimum absolute atomic E-state index is 0.0603. The van der Waals surface area contributed by atoms with E-state index in [1.165, 1.54) is 12.0 Å². The van der Waals surface area contributed by atoms with Crippen molar-refractivity contribution in [1.29, 1.82) is 0 Å². The molecule has 3 heteroatoms. The minimum Gasteiger partial charge on any atom is -0.373 e. The summed E-state index contributed by atoms with van der Waals surface area (Å²) >= 11 is 0. The van der Waals surface area contributed by atoms with E-state index in [1.807, 2.05) is 12.1 Å². The lowest BCUT2D eigenvalue weighted by Crippen LogP contribution is -2.48. The fourth-order valence-corrected chi connectivity index (χ4v) is 3.51. The van der Waals surface area contributed by atoms with Gasteiger partial charge in [-0.05, 0) is 29.9 Å². The number of para-hydroxylation sites is 1. The molecule has 1 amide bonds. The first-order valence-electron chi connectivity index (χ1n) is 7.26. The number of carbonyl (C=O) groups excluding carboxylic acids is 1. The fraction of sp³-hybridized carbons (Fsp3) is 0.562. The molecule has 0 aromatic heterocycles. The highest BCUT2D eigenvalue weighted by atomic mass is 16.2. The lowest BCUT2D eigenvalue weighted by Gasteiger charge is -2.36. The van der Waals surface area contributed by atoms with Gasteiger partial charge in [0.2, 0.25) is 5.91 Å². The Morgan fingerprint density at radius 1 is 1.21 bits per heavy atom. The molecule has 19 heavy (non-hydrogen) atoms. The molecule has 2 unspecified atom stereocenters. The van der Waals surface area contributed by atoms with Crippen molar-refractivity contribution in [3.05, 3.63) is 29.8 Å². The number of rotatable bonds is 1. The zero-order valence-corrected chi connectivity index (χ0v) is 11.7. The number of fused-ring (bicyclic) bond motifs is 1. The molecule has 1 aromatic carbocycles. The maximum atomic E-state index is 12.6. The lowest BCUT2D eigenvalue weighted by atomic mass is 9.91. The third kappa shape index (κ3) is 2.46. The van der Waals surface area contributed by atoms with Crippen molar-refractivity contribution in [2.24, 2.45) is 11.8 Å². The zero-order valence-electron chi connectivity index (χ0n) is 11.7. The van der Waals surface area contributed by atoms with Crippen LogP contribution < -0.4 is 5.32 Å². The molecule has 2 aliphatic heterocycles. The van der Waals surface area contributed by atoms with Crippen LogP contribution in [0.3, 0.4) is 0 Å². The average Bonchev–Trinajstić information content (AvgIpc) is 2.80. The molecule has 0 radical (unpaired) electrons. The van der Waals surface area contributed by atoms with Crippen LogP contribution in [0.15, 0.2) is 24.3 Å². The number of piperidine rings is 1. The molecule has 3 rings (SSSR count). The van der Waals surface area contributed by atoms with E-state index in [4.69, 9.17) is 0 Å². The van der Waals surface area contributed by atoms with Crippen molar-refractivity contribution in [2.45, 2.75) is 32.7 Å². The van der Waals surface area contributed by atoms with Crippen molar-refractivity contribution >= 4 is 11.6 Å². The number of carbonyl (C=O) groups is 1. The highest BCUT2D eigenvalue weighted by Crippen LogP contribution is 2.28. The van der Waals surface area contributed by atoms with Gasteiger partial charge in [0.1, 0.15) is 6.04 Å². The van der Waals surface area contributed by atoms with Crippen LogP contribution in [0.2, 0.25) is 0 Å². The molecule has 1 fully saturated rings. The number of hydrogen-bond donors (Lipinski definition) is 1. The summed E-state index contributed by atoms with van der Waals surface area (Å²) in [5.74, 6) is 1.52. The lowest BCUT2D eigenvalue weighted by molar-refractivity contribution is -0.134. The van der Waals surface area contributed by atoms with E-state index in [2.05, 4.69) is 36.2 Å². The second kappa shape index (κ2) is 4.87.